The molecular weight excluding hydrogens is 262 g/mol. The summed E-state index contributed by atoms with van der Waals surface area (Å²) in [6.07, 6.45) is 0.922. The van der Waals surface area contributed by atoms with Crippen molar-refractivity contribution in [3.05, 3.63) is 28.0 Å². The molecule has 4 heteroatoms. The summed E-state index contributed by atoms with van der Waals surface area (Å²) < 4.78 is 18.3. The Morgan fingerprint density at radius 2 is 1.76 bits per heavy atom. The van der Waals surface area contributed by atoms with Crippen molar-refractivity contribution in [2.75, 3.05) is 6.61 Å². The number of halogens is 3. The minimum atomic E-state index is -0.530. The van der Waals surface area contributed by atoms with E-state index < -0.39 is 5.82 Å². The summed E-state index contributed by atoms with van der Waals surface area (Å²) in [5, 5.41) is 0.0548. The smallest absolute Gasteiger partial charge is 0.143 e. The van der Waals surface area contributed by atoms with Gasteiger partial charge in [-0.1, -0.05) is 50.9 Å². The highest BCUT2D eigenvalue weighted by molar-refractivity contribution is 6.43. The molecule has 0 atom stereocenters. The van der Waals surface area contributed by atoms with E-state index in [0.717, 1.165) is 6.42 Å². The van der Waals surface area contributed by atoms with Gasteiger partial charge in [-0.2, -0.15) is 0 Å². The molecule has 0 N–H and O–H groups in total. The van der Waals surface area contributed by atoms with Crippen LogP contribution in [-0.4, -0.2) is 6.61 Å². The predicted octanol–water partition coefficient (Wildman–Crippen LogP) is 5.58. The number of benzene rings is 1. The summed E-state index contributed by atoms with van der Waals surface area (Å²) in [7, 11) is 0. The Morgan fingerprint density at radius 3 is 2.29 bits per heavy atom. The van der Waals surface area contributed by atoms with Crippen molar-refractivity contribution in [1.82, 2.24) is 0 Å². The van der Waals surface area contributed by atoms with Crippen molar-refractivity contribution < 1.29 is 9.13 Å². The van der Waals surface area contributed by atoms with Gasteiger partial charge in [-0.05, 0) is 24.5 Å². The highest BCUT2D eigenvalue weighted by Gasteiger charge is 2.10. The molecule has 0 fully saturated rings. The van der Waals surface area contributed by atoms with E-state index in [1.165, 1.54) is 12.1 Å². The van der Waals surface area contributed by atoms with Crippen LogP contribution in [0, 0.1) is 11.7 Å². The molecule has 0 radical (unpaired) electrons. The zero-order valence-electron chi connectivity index (χ0n) is 10.7. The number of hydrogen-bond donors (Lipinski definition) is 0. The Hall–Kier alpha value is -0.470. The quantitative estimate of drug-likeness (QED) is 0.654. The monoisotopic (exact) mass is 280 g/mol. The normalized spacial score (nSPS) is 9.88. The lowest BCUT2D eigenvalue weighted by molar-refractivity contribution is 0.289. The molecule has 0 amide bonds. The standard InChI is InChI=1S/C11H13Cl2FO.C2H6/c1-7(2)5-6-15-9-4-3-8(14)10(12)11(9)13;1-2/h3-4,7H,5-6H2,1-2H3;1-2H3. The van der Waals surface area contributed by atoms with Crippen molar-refractivity contribution in [1.29, 1.82) is 0 Å². The van der Waals surface area contributed by atoms with Crippen LogP contribution in [-0.2, 0) is 0 Å². The lowest BCUT2D eigenvalue weighted by Gasteiger charge is -2.10. The number of hydrogen-bond acceptors (Lipinski definition) is 1. The van der Waals surface area contributed by atoms with E-state index in [2.05, 4.69) is 13.8 Å². The van der Waals surface area contributed by atoms with E-state index in [0.29, 0.717) is 18.3 Å². The van der Waals surface area contributed by atoms with E-state index in [1.807, 2.05) is 13.8 Å². The van der Waals surface area contributed by atoms with Crippen LogP contribution in [0.3, 0.4) is 0 Å². The Kier molecular flexibility index (Phi) is 8.36. The van der Waals surface area contributed by atoms with Gasteiger partial charge in [0.1, 0.15) is 16.6 Å². The van der Waals surface area contributed by atoms with Crippen molar-refractivity contribution >= 4 is 23.2 Å². The third-order valence-electron chi connectivity index (χ3n) is 1.95. The SMILES string of the molecule is CC.CC(C)CCOc1ccc(F)c(Cl)c1Cl. The minimum Gasteiger partial charge on any atom is -0.492 e. The third kappa shape index (κ3) is 5.60. The van der Waals surface area contributed by atoms with Gasteiger partial charge in [-0.3, -0.25) is 0 Å². The molecule has 0 unspecified atom stereocenters. The lowest BCUT2D eigenvalue weighted by Crippen LogP contribution is -2.02. The van der Waals surface area contributed by atoms with Crippen LogP contribution in [0.15, 0.2) is 12.1 Å². The highest BCUT2D eigenvalue weighted by Crippen LogP contribution is 2.33. The summed E-state index contributed by atoms with van der Waals surface area (Å²) >= 11 is 11.5. The van der Waals surface area contributed by atoms with Gasteiger partial charge in [0.15, 0.2) is 0 Å². The summed E-state index contributed by atoms with van der Waals surface area (Å²) in [4.78, 5) is 0. The molecule has 0 aliphatic heterocycles. The molecule has 0 aliphatic carbocycles. The van der Waals surface area contributed by atoms with Crippen LogP contribution in [0.5, 0.6) is 5.75 Å². The molecule has 0 saturated heterocycles. The van der Waals surface area contributed by atoms with Gasteiger partial charge in [0.05, 0.1) is 11.6 Å². The van der Waals surface area contributed by atoms with E-state index in [1.54, 1.807) is 0 Å². The Balaban J connectivity index is 0.00000121. The molecule has 0 heterocycles. The summed E-state index contributed by atoms with van der Waals surface area (Å²) in [5.41, 5.74) is 0. The van der Waals surface area contributed by atoms with Crippen LogP contribution in [0.1, 0.15) is 34.1 Å². The third-order valence-corrected chi connectivity index (χ3v) is 2.79. The number of ether oxygens (including phenoxy) is 1. The molecule has 0 aliphatic rings. The van der Waals surface area contributed by atoms with Crippen LogP contribution in [0.25, 0.3) is 0 Å². The summed E-state index contributed by atoms with van der Waals surface area (Å²) in [5.74, 6) is 0.460. The maximum atomic E-state index is 12.9. The molecule has 1 aromatic rings. The largest absolute Gasteiger partial charge is 0.492 e. The van der Waals surface area contributed by atoms with Gasteiger partial charge in [-0.15, -0.1) is 0 Å². The molecule has 1 rings (SSSR count). The van der Waals surface area contributed by atoms with Gasteiger partial charge in [-0.25, -0.2) is 4.39 Å². The van der Waals surface area contributed by atoms with Crippen LogP contribution < -0.4 is 4.74 Å². The second-order valence-electron chi connectivity index (χ2n) is 3.70. The fourth-order valence-corrected chi connectivity index (χ4v) is 1.39. The Labute approximate surface area is 113 Å². The van der Waals surface area contributed by atoms with Gasteiger partial charge in [0.25, 0.3) is 0 Å². The number of rotatable bonds is 4. The highest BCUT2D eigenvalue weighted by atomic mass is 35.5. The van der Waals surface area contributed by atoms with Crippen molar-refractivity contribution in [3.8, 4) is 5.75 Å². The maximum Gasteiger partial charge on any atom is 0.143 e. The lowest BCUT2D eigenvalue weighted by atomic mass is 10.1. The van der Waals surface area contributed by atoms with Gasteiger partial charge >= 0.3 is 0 Å². The minimum absolute atomic E-state index is 0.0845. The molecule has 1 aromatic carbocycles. The summed E-state index contributed by atoms with van der Waals surface area (Å²) in [6, 6.07) is 2.74. The molecule has 0 bridgehead atoms. The van der Waals surface area contributed by atoms with Crippen molar-refractivity contribution in [3.63, 3.8) is 0 Å². The molecule has 0 spiro atoms. The first-order valence-electron chi connectivity index (χ1n) is 5.78. The van der Waals surface area contributed by atoms with Gasteiger partial charge < -0.3 is 4.74 Å². The van der Waals surface area contributed by atoms with Crippen LogP contribution in [0.4, 0.5) is 4.39 Å². The maximum absolute atomic E-state index is 12.9. The molecule has 17 heavy (non-hydrogen) atoms. The first-order valence-corrected chi connectivity index (χ1v) is 6.54. The summed E-state index contributed by atoms with van der Waals surface area (Å²) in [6.45, 7) is 8.75. The van der Waals surface area contributed by atoms with E-state index >= 15 is 0 Å². The van der Waals surface area contributed by atoms with Gasteiger partial charge in [0.2, 0.25) is 0 Å². The first-order chi connectivity index (χ1) is 8.02. The van der Waals surface area contributed by atoms with Crippen LogP contribution >= 0.6 is 23.2 Å². The molecule has 1 nitrogen and oxygen atoms in total. The molecule has 98 valence electrons. The Bertz CT molecular complexity index is 340. The van der Waals surface area contributed by atoms with Crippen molar-refractivity contribution in [2.45, 2.75) is 34.1 Å². The fraction of sp³-hybridized carbons (Fsp3) is 0.538. The van der Waals surface area contributed by atoms with Crippen molar-refractivity contribution in [2.24, 2.45) is 5.92 Å². The second-order valence-corrected chi connectivity index (χ2v) is 4.46. The first kappa shape index (κ1) is 16.5. The van der Waals surface area contributed by atoms with E-state index in [4.69, 9.17) is 27.9 Å². The molecule has 0 aromatic heterocycles. The fourth-order valence-electron chi connectivity index (χ4n) is 1.02. The second kappa shape index (κ2) is 8.60. The topological polar surface area (TPSA) is 9.23 Å². The average Bonchev–Trinajstić information content (AvgIpc) is 2.31. The zero-order valence-corrected chi connectivity index (χ0v) is 12.2. The van der Waals surface area contributed by atoms with Gasteiger partial charge in [0, 0.05) is 0 Å². The van der Waals surface area contributed by atoms with E-state index in [-0.39, 0.29) is 10.0 Å². The zero-order chi connectivity index (χ0) is 13.4. The average molecular weight is 281 g/mol. The molecule has 0 saturated carbocycles. The Morgan fingerprint density at radius 1 is 1.18 bits per heavy atom. The predicted molar refractivity (Wildman–Crippen MR) is 72.7 cm³/mol. The van der Waals surface area contributed by atoms with Crippen LogP contribution in [0.2, 0.25) is 10.0 Å². The van der Waals surface area contributed by atoms with E-state index in [9.17, 15) is 4.39 Å². The molecular formula is C13H19Cl2FO.